The maximum atomic E-state index is 12.7. The Morgan fingerprint density at radius 2 is 1.62 bits per heavy atom. The van der Waals surface area contributed by atoms with Gasteiger partial charge in [-0.05, 0) is 64.1 Å². The Labute approximate surface area is 188 Å². The zero-order chi connectivity index (χ0) is 23.3. The van der Waals surface area contributed by atoms with E-state index < -0.39 is 10.0 Å². The second-order valence-corrected chi connectivity index (χ2v) is 8.94. The van der Waals surface area contributed by atoms with Crippen LogP contribution in [0.25, 0.3) is 0 Å². The summed E-state index contributed by atoms with van der Waals surface area (Å²) in [6, 6.07) is 14.7. The number of anilines is 4. The summed E-state index contributed by atoms with van der Waals surface area (Å²) in [4.78, 5) is 22.7. The number of hydrogen-bond donors (Lipinski definition) is 2. The lowest BCUT2D eigenvalue weighted by Gasteiger charge is -2.20. The van der Waals surface area contributed by atoms with Crippen LogP contribution in [0.3, 0.4) is 0 Å². The monoisotopic (exact) mass is 453 g/mol. The van der Waals surface area contributed by atoms with E-state index in [9.17, 15) is 13.2 Å². The van der Waals surface area contributed by atoms with Gasteiger partial charge in [-0.2, -0.15) is 4.98 Å². The lowest BCUT2D eigenvalue weighted by atomic mass is 10.2. The van der Waals surface area contributed by atoms with Gasteiger partial charge in [-0.1, -0.05) is 12.1 Å². The van der Waals surface area contributed by atoms with Crippen molar-refractivity contribution in [1.82, 2.24) is 9.97 Å². The molecular weight excluding hydrogens is 426 g/mol. The van der Waals surface area contributed by atoms with Crippen LogP contribution < -0.4 is 14.9 Å². The van der Waals surface area contributed by atoms with E-state index in [1.165, 1.54) is 19.1 Å². The zero-order valence-corrected chi connectivity index (χ0v) is 19.4. The van der Waals surface area contributed by atoms with E-state index in [0.717, 1.165) is 30.3 Å². The quantitative estimate of drug-likeness (QED) is 0.463. The van der Waals surface area contributed by atoms with E-state index in [2.05, 4.69) is 38.8 Å². The van der Waals surface area contributed by atoms with Gasteiger partial charge in [0.05, 0.1) is 4.90 Å². The van der Waals surface area contributed by atoms with Gasteiger partial charge in [0.25, 0.3) is 10.0 Å². The topological polar surface area (TPSA) is 104 Å². The van der Waals surface area contributed by atoms with Gasteiger partial charge in [-0.15, -0.1) is 0 Å². The summed E-state index contributed by atoms with van der Waals surface area (Å²) in [5.41, 5.74) is 2.32. The average Bonchev–Trinajstić information content (AvgIpc) is 2.75. The normalized spacial score (nSPS) is 11.1. The molecule has 9 heteroatoms. The van der Waals surface area contributed by atoms with Gasteiger partial charge in [-0.3, -0.25) is 9.52 Å². The van der Waals surface area contributed by atoms with Crippen molar-refractivity contribution >= 4 is 38.9 Å². The lowest BCUT2D eigenvalue weighted by Crippen LogP contribution is -2.23. The van der Waals surface area contributed by atoms with Gasteiger partial charge < -0.3 is 10.2 Å². The van der Waals surface area contributed by atoms with Crippen molar-refractivity contribution in [3.63, 3.8) is 0 Å². The number of ketones is 1. The summed E-state index contributed by atoms with van der Waals surface area (Å²) in [6.07, 6.45) is 0. The molecule has 0 aliphatic carbocycles. The highest BCUT2D eigenvalue weighted by Crippen LogP contribution is 2.22. The number of benzene rings is 2. The maximum absolute atomic E-state index is 12.7. The highest BCUT2D eigenvalue weighted by atomic mass is 32.2. The van der Waals surface area contributed by atoms with Crippen LogP contribution in [-0.4, -0.2) is 37.3 Å². The van der Waals surface area contributed by atoms with Crippen LogP contribution in [0.4, 0.5) is 23.1 Å². The van der Waals surface area contributed by atoms with Gasteiger partial charge in [0.15, 0.2) is 5.78 Å². The van der Waals surface area contributed by atoms with Gasteiger partial charge in [0, 0.05) is 41.8 Å². The van der Waals surface area contributed by atoms with Crippen LogP contribution in [0.1, 0.15) is 36.8 Å². The van der Waals surface area contributed by atoms with E-state index in [0.29, 0.717) is 17.2 Å². The Hall–Kier alpha value is -3.46. The molecule has 0 aliphatic heterocycles. The van der Waals surface area contributed by atoms with Crippen LogP contribution in [0, 0.1) is 6.92 Å². The molecule has 0 aliphatic rings. The van der Waals surface area contributed by atoms with E-state index in [4.69, 9.17) is 0 Å². The SMILES string of the molecule is CCN(CC)c1cc(C)nc(Nc2ccc(NS(=O)(=O)c3cccc(C(C)=O)c3)cc2)n1. The number of nitrogens with one attached hydrogen (secondary N) is 2. The van der Waals surface area contributed by atoms with E-state index in [1.54, 1.807) is 36.4 Å². The molecule has 3 rings (SSSR count). The minimum absolute atomic E-state index is 0.0319. The molecule has 2 N–H and O–H groups in total. The zero-order valence-electron chi connectivity index (χ0n) is 18.6. The second kappa shape index (κ2) is 9.78. The molecule has 0 radical (unpaired) electrons. The van der Waals surface area contributed by atoms with Gasteiger partial charge in [0.2, 0.25) is 5.95 Å². The third-order valence-electron chi connectivity index (χ3n) is 4.87. The highest BCUT2D eigenvalue weighted by molar-refractivity contribution is 7.92. The maximum Gasteiger partial charge on any atom is 0.261 e. The van der Waals surface area contributed by atoms with Crippen molar-refractivity contribution in [2.75, 3.05) is 28.0 Å². The van der Waals surface area contributed by atoms with Gasteiger partial charge >= 0.3 is 0 Å². The molecule has 0 spiro atoms. The Morgan fingerprint density at radius 3 is 2.25 bits per heavy atom. The number of aromatic nitrogens is 2. The average molecular weight is 454 g/mol. The smallest absolute Gasteiger partial charge is 0.261 e. The van der Waals surface area contributed by atoms with Crippen molar-refractivity contribution in [1.29, 1.82) is 0 Å². The Morgan fingerprint density at radius 1 is 0.969 bits per heavy atom. The Balaban J connectivity index is 1.76. The molecule has 0 atom stereocenters. The number of aryl methyl sites for hydroxylation is 1. The number of nitrogens with zero attached hydrogens (tertiary/aromatic N) is 3. The first-order chi connectivity index (χ1) is 15.2. The first kappa shape index (κ1) is 23.2. The number of sulfonamides is 1. The number of rotatable bonds is 9. The molecule has 0 unspecified atom stereocenters. The molecule has 3 aromatic rings. The van der Waals surface area contributed by atoms with Crippen LogP contribution in [-0.2, 0) is 10.0 Å². The molecular formula is C23H27N5O3S. The number of carbonyl (C=O) groups excluding carboxylic acids is 1. The number of hydrogen-bond acceptors (Lipinski definition) is 7. The fourth-order valence-electron chi connectivity index (χ4n) is 3.16. The molecule has 1 heterocycles. The molecule has 8 nitrogen and oxygen atoms in total. The third kappa shape index (κ3) is 5.61. The molecule has 0 bridgehead atoms. The Bertz CT molecular complexity index is 1210. The minimum atomic E-state index is -3.82. The number of carbonyl (C=O) groups is 1. The van der Waals surface area contributed by atoms with Crippen molar-refractivity contribution in [3.05, 3.63) is 65.9 Å². The summed E-state index contributed by atoms with van der Waals surface area (Å²) < 4.78 is 27.9. The van der Waals surface area contributed by atoms with E-state index in [-0.39, 0.29) is 10.7 Å². The lowest BCUT2D eigenvalue weighted by molar-refractivity contribution is 0.101. The predicted molar refractivity (Wildman–Crippen MR) is 127 cm³/mol. The molecule has 32 heavy (non-hydrogen) atoms. The number of Topliss-reactive ketones (excluding diaryl/α,β-unsaturated/α-hetero) is 1. The van der Waals surface area contributed by atoms with Crippen LogP contribution in [0.15, 0.2) is 59.5 Å². The molecule has 0 amide bonds. The second-order valence-electron chi connectivity index (χ2n) is 7.26. The molecule has 0 saturated heterocycles. The minimum Gasteiger partial charge on any atom is -0.357 e. The highest BCUT2D eigenvalue weighted by Gasteiger charge is 2.16. The van der Waals surface area contributed by atoms with Crippen molar-refractivity contribution < 1.29 is 13.2 Å². The van der Waals surface area contributed by atoms with Crippen LogP contribution >= 0.6 is 0 Å². The fourth-order valence-corrected chi connectivity index (χ4v) is 4.27. The largest absolute Gasteiger partial charge is 0.357 e. The van der Waals surface area contributed by atoms with Crippen molar-refractivity contribution in [3.8, 4) is 0 Å². The van der Waals surface area contributed by atoms with E-state index >= 15 is 0 Å². The summed E-state index contributed by atoms with van der Waals surface area (Å²) in [5.74, 6) is 1.13. The molecule has 1 aromatic heterocycles. The Kier molecular flexibility index (Phi) is 7.09. The molecule has 0 fully saturated rings. The van der Waals surface area contributed by atoms with Crippen molar-refractivity contribution in [2.45, 2.75) is 32.6 Å². The summed E-state index contributed by atoms with van der Waals surface area (Å²) in [6.45, 7) is 9.15. The van der Waals surface area contributed by atoms with E-state index in [1.807, 2.05) is 13.0 Å². The third-order valence-corrected chi connectivity index (χ3v) is 6.25. The summed E-state index contributed by atoms with van der Waals surface area (Å²) in [7, 11) is -3.82. The first-order valence-corrected chi connectivity index (χ1v) is 11.8. The van der Waals surface area contributed by atoms with Crippen LogP contribution in [0.2, 0.25) is 0 Å². The summed E-state index contributed by atoms with van der Waals surface area (Å²) >= 11 is 0. The first-order valence-electron chi connectivity index (χ1n) is 10.3. The van der Waals surface area contributed by atoms with Gasteiger partial charge in [-0.25, -0.2) is 13.4 Å². The summed E-state index contributed by atoms with van der Waals surface area (Å²) in [5, 5.41) is 3.17. The predicted octanol–water partition coefficient (Wildman–Crippen LogP) is 4.38. The van der Waals surface area contributed by atoms with Crippen LogP contribution in [0.5, 0.6) is 0 Å². The standard InChI is InChI=1S/C23H27N5O3S/c1-5-28(6-2)22-14-16(3)24-23(26-22)25-19-10-12-20(13-11-19)27-32(30,31)21-9-7-8-18(15-21)17(4)29/h7-15,27H,5-6H2,1-4H3,(H,24,25,26). The molecule has 0 saturated carbocycles. The van der Waals surface area contributed by atoms with Crippen molar-refractivity contribution in [2.24, 2.45) is 0 Å². The fraction of sp³-hybridized carbons (Fsp3) is 0.261. The van der Waals surface area contributed by atoms with Gasteiger partial charge in [0.1, 0.15) is 5.82 Å². The molecule has 168 valence electrons. The molecule has 2 aromatic carbocycles.